The predicted octanol–water partition coefficient (Wildman–Crippen LogP) is 2.97. The number of rotatable bonds is 7. The minimum Gasteiger partial charge on any atom is -0.426 e. The van der Waals surface area contributed by atoms with Crippen LogP contribution in [0.25, 0.3) is 0 Å². The van der Waals surface area contributed by atoms with Gasteiger partial charge in [0.25, 0.3) is 5.91 Å². The lowest BCUT2D eigenvalue weighted by atomic mass is 10.1. The molecule has 2 rings (SSSR count). The van der Waals surface area contributed by atoms with Crippen LogP contribution in [0.1, 0.15) is 37.0 Å². The Bertz CT molecular complexity index is 895. The van der Waals surface area contributed by atoms with Crippen molar-refractivity contribution in [3.8, 4) is 5.75 Å². The Morgan fingerprint density at radius 2 is 2.04 bits per heavy atom. The quantitative estimate of drug-likeness (QED) is 0.319. The SMILES string of the molecule is CCCC(=O)Nc1ccc(OC(C)=O)c(C(=O)Nc2ncc([N+](=O)[O-])s2)c1. The van der Waals surface area contributed by atoms with Gasteiger partial charge in [-0.15, -0.1) is 0 Å². The summed E-state index contributed by atoms with van der Waals surface area (Å²) in [6, 6.07) is 4.22. The second kappa shape index (κ2) is 8.85. The molecule has 0 unspecified atom stereocenters. The molecule has 11 heteroatoms. The molecular formula is C16H16N4O6S. The lowest BCUT2D eigenvalue weighted by Gasteiger charge is -2.11. The van der Waals surface area contributed by atoms with Crippen molar-refractivity contribution >= 4 is 44.9 Å². The molecule has 2 aromatic rings. The summed E-state index contributed by atoms with van der Waals surface area (Å²) in [5.74, 6) is -1.56. The fourth-order valence-corrected chi connectivity index (χ4v) is 2.68. The molecule has 2 amide bonds. The van der Waals surface area contributed by atoms with Crippen LogP contribution in [0.3, 0.4) is 0 Å². The Hall–Kier alpha value is -3.34. The van der Waals surface area contributed by atoms with Crippen LogP contribution < -0.4 is 15.4 Å². The van der Waals surface area contributed by atoms with Gasteiger partial charge >= 0.3 is 11.0 Å². The van der Waals surface area contributed by atoms with E-state index in [9.17, 15) is 24.5 Å². The number of nitrogens with one attached hydrogen (secondary N) is 2. The molecular weight excluding hydrogens is 376 g/mol. The average Bonchev–Trinajstić information content (AvgIpc) is 3.04. The average molecular weight is 392 g/mol. The molecule has 0 aliphatic heterocycles. The Balaban J connectivity index is 2.28. The van der Waals surface area contributed by atoms with Crippen molar-refractivity contribution in [2.45, 2.75) is 26.7 Å². The van der Waals surface area contributed by atoms with E-state index in [-0.39, 0.29) is 27.4 Å². The summed E-state index contributed by atoms with van der Waals surface area (Å²) in [7, 11) is 0. The van der Waals surface area contributed by atoms with Crippen LogP contribution in [0.2, 0.25) is 0 Å². The first-order valence-corrected chi connectivity index (χ1v) is 8.65. The zero-order valence-electron chi connectivity index (χ0n) is 14.5. The Labute approximate surface area is 157 Å². The van der Waals surface area contributed by atoms with Gasteiger partial charge in [-0.1, -0.05) is 6.92 Å². The van der Waals surface area contributed by atoms with E-state index in [1.54, 1.807) is 0 Å². The van der Waals surface area contributed by atoms with E-state index in [4.69, 9.17) is 4.74 Å². The predicted molar refractivity (Wildman–Crippen MR) is 98.0 cm³/mol. The maximum absolute atomic E-state index is 12.5. The summed E-state index contributed by atoms with van der Waals surface area (Å²) in [4.78, 5) is 49.4. The van der Waals surface area contributed by atoms with Crippen LogP contribution in [0, 0.1) is 10.1 Å². The highest BCUT2D eigenvalue weighted by molar-refractivity contribution is 7.18. The van der Waals surface area contributed by atoms with Crippen molar-refractivity contribution in [3.05, 3.63) is 40.1 Å². The maximum Gasteiger partial charge on any atom is 0.345 e. The van der Waals surface area contributed by atoms with Gasteiger partial charge in [0.05, 0.1) is 10.5 Å². The topological polar surface area (TPSA) is 141 Å². The van der Waals surface area contributed by atoms with Crippen molar-refractivity contribution in [1.29, 1.82) is 0 Å². The zero-order valence-corrected chi connectivity index (χ0v) is 15.3. The van der Waals surface area contributed by atoms with E-state index in [1.165, 1.54) is 25.1 Å². The van der Waals surface area contributed by atoms with Crippen molar-refractivity contribution in [1.82, 2.24) is 4.98 Å². The summed E-state index contributed by atoms with van der Waals surface area (Å²) in [5.41, 5.74) is 0.317. The summed E-state index contributed by atoms with van der Waals surface area (Å²) >= 11 is 0.686. The third kappa shape index (κ3) is 5.57. The van der Waals surface area contributed by atoms with Crippen LogP contribution in [-0.4, -0.2) is 27.7 Å². The van der Waals surface area contributed by atoms with Gasteiger partial charge in [-0.2, -0.15) is 0 Å². The van der Waals surface area contributed by atoms with Gasteiger partial charge in [-0.25, -0.2) is 4.98 Å². The molecule has 0 fully saturated rings. The highest BCUT2D eigenvalue weighted by atomic mass is 32.1. The van der Waals surface area contributed by atoms with Crippen LogP contribution in [-0.2, 0) is 9.59 Å². The number of aromatic nitrogens is 1. The lowest BCUT2D eigenvalue weighted by Crippen LogP contribution is -2.16. The third-order valence-electron chi connectivity index (χ3n) is 3.13. The van der Waals surface area contributed by atoms with Crippen LogP contribution in [0.4, 0.5) is 15.8 Å². The minimum absolute atomic E-state index is 0.0143. The first-order chi connectivity index (χ1) is 12.8. The van der Waals surface area contributed by atoms with Crippen LogP contribution >= 0.6 is 11.3 Å². The fraction of sp³-hybridized carbons (Fsp3) is 0.250. The van der Waals surface area contributed by atoms with Crippen LogP contribution in [0.5, 0.6) is 5.75 Å². The van der Waals surface area contributed by atoms with E-state index in [0.717, 1.165) is 6.20 Å². The number of benzene rings is 1. The highest BCUT2D eigenvalue weighted by Crippen LogP contribution is 2.28. The number of esters is 1. The van der Waals surface area contributed by atoms with Crippen molar-refractivity contribution < 1.29 is 24.0 Å². The van der Waals surface area contributed by atoms with Gasteiger partial charge in [0.15, 0.2) is 5.13 Å². The monoisotopic (exact) mass is 392 g/mol. The van der Waals surface area contributed by atoms with Crippen molar-refractivity contribution in [2.24, 2.45) is 0 Å². The molecule has 0 spiro atoms. The van der Waals surface area contributed by atoms with Gasteiger partial charge in [-0.05, 0) is 36.0 Å². The number of ether oxygens (including phenoxy) is 1. The molecule has 2 N–H and O–H groups in total. The first-order valence-electron chi connectivity index (χ1n) is 7.84. The number of carbonyl (C=O) groups excluding carboxylic acids is 3. The number of thiazole rings is 1. The molecule has 0 atom stereocenters. The normalized spacial score (nSPS) is 10.1. The molecule has 1 heterocycles. The highest BCUT2D eigenvalue weighted by Gasteiger charge is 2.19. The second-order valence-electron chi connectivity index (χ2n) is 5.32. The maximum atomic E-state index is 12.5. The fourth-order valence-electron chi connectivity index (χ4n) is 2.05. The Kier molecular flexibility index (Phi) is 6.55. The molecule has 0 saturated heterocycles. The largest absolute Gasteiger partial charge is 0.426 e. The van der Waals surface area contributed by atoms with Gasteiger partial charge in [-0.3, -0.25) is 29.8 Å². The second-order valence-corrected chi connectivity index (χ2v) is 6.33. The zero-order chi connectivity index (χ0) is 20.0. The van der Waals surface area contributed by atoms with E-state index in [2.05, 4.69) is 15.6 Å². The lowest BCUT2D eigenvalue weighted by molar-refractivity contribution is -0.380. The number of hydrogen-bond donors (Lipinski definition) is 2. The number of nitro groups is 1. The van der Waals surface area contributed by atoms with Crippen molar-refractivity contribution in [2.75, 3.05) is 10.6 Å². The molecule has 0 bridgehead atoms. The minimum atomic E-state index is -0.693. The molecule has 27 heavy (non-hydrogen) atoms. The van der Waals surface area contributed by atoms with E-state index < -0.39 is 16.8 Å². The molecule has 142 valence electrons. The number of amides is 2. The summed E-state index contributed by atoms with van der Waals surface area (Å²) < 4.78 is 5.02. The molecule has 0 saturated carbocycles. The van der Waals surface area contributed by atoms with Gasteiger partial charge in [0, 0.05) is 19.0 Å². The molecule has 10 nitrogen and oxygen atoms in total. The van der Waals surface area contributed by atoms with Crippen LogP contribution in [0.15, 0.2) is 24.4 Å². The molecule has 0 radical (unpaired) electrons. The summed E-state index contributed by atoms with van der Waals surface area (Å²) in [6.45, 7) is 3.04. The summed E-state index contributed by atoms with van der Waals surface area (Å²) in [5, 5.41) is 15.5. The molecule has 0 aliphatic rings. The Morgan fingerprint density at radius 3 is 2.63 bits per heavy atom. The molecule has 0 aliphatic carbocycles. The standard InChI is InChI=1S/C16H16N4O6S/c1-3-4-13(22)18-10-5-6-12(26-9(2)21)11(7-10)15(23)19-16-17-8-14(27-16)20(24)25/h5-8H,3-4H2,1-2H3,(H,18,22)(H,17,19,23). The number of hydrogen-bond acceptors (Lipinski definition) is 8. The van der Waals surface area contributed by atoms with Gasteiger partial charge in [0.2, 0.25) is 5.91 Å². The number of nitrogens with zero attached hydrogens (tertiary/aromatic N) is 2. The summed E-state index contributed by atoms with van der Waals surface area (Å²) in [6.07, 6.45) is 2.00. The van der Waals surface area contributed by atoms with Gasteiger partial charge < -0.3 is 10.1 Å². The van der Waals surface area contributed by atoms with E-state index >= 15 is 0 Å². The number of carbonyl (C=O) groups is 3. The van der Waals surface area contributed by atoms with Gasteiger partial charge in [0.1, 0.15) is 11.9 Å². The molecule has 1 aromatic carbocycles. The Morgan fingerprint density at radius 1 is 1.30 bits per heavy atom. The molecule has 1 aromatic heterocycles. The first kappa shape index (κ1) is 20.0. The van der Waals surface area contributed by atoms with E-state index in [0.29, 0.717) is 29.9 Å². The van der Waals surface area contributed by atoms with Crippen molar-refractivity contribution in [3.63, 3.8) is 0 Å². The van der Waals surface area contributed by atoms with E-state index in [1.807, 2.05) is 6.92 Å². The number of anilines is 2. The third-order valence-corrected chi connectivity index (χ3v) is 4.00. The smallest absolute Gasteiger partial charge is 0.345 e.